The molecule has 6 heteroatoms. The summed E-state index contributed by atoms with van der Waals surface area (Å²) in [5.74, 6) is -0.1000. The Labute approximate surface area is 392 Å². The molecule has 6 nitrogen and oxygen atoms in total. The first-order valence-electron chi connectivity index (χ1n) is 27.8. The van der Waals surface area contributed by atoms with Crippen LogP contribution in [0.25, 0.3) is 0 Å². The maximum Gasteiger partial charge on any atom is 0.305 e. The normalized spacial score (nSPS) is 12.9. The monoisotopic (exact) mass is 886 g/mol. The van der Waals surface area contributed by atoms with Gasteiger partial charge in [0, 0.05) is 12.8 Å². The van der Waals surface area contributed by atoms with Crippen LogP contribution in [-0.2, 0) is 14.3 Å². The zero-order chi connectivity index (χ0) is 45.8. The fourth-order valence-corrected chi connectivity index (χ4v) is 8.37. The van der Waals surface area contributed by atoms with Crippen LogP contribution in [0, 0.1) is 0 Å². The molecule has 2 unspecified atom stereocenters. The zero-order valence-electron chi connectivity index (χ0n) is 42.1. The van der Waals surface area contributed by atoms with Gasteiger partial charge in [0.05, 0.1) is 25.4 Å². The minimum Gasteiger partial charge on any atom is -0.466 e. The lowest BCUT2D eigenvalue weighted by Crippen LogP contribution is -2.45. The summed E-state index contributed by atoms with van der Waals surface area (Å²) in [6.45, 7) is 4.86. The Morgan fingerprint density at radius 3 is 1.21 bits per heavy atom. The van der Waals surface area contributed by atoms with E-state index in [-0.39, 0.29) is 18.5 Å². The molecule has 63 heavy (non-hydrogen) atoms. The average molecular weight is 886 g/mol. The van der Waals surface area contributed by atoms with Crippen molar-refractivity contribution in [3.63, 3.8) is 0 Å². The standard InChI is InChI=1S/C57H107NO5/c1-3-5-7-9-11-13-15-16-17-18-20-23-26-30-33-37-41-45-49-55(60)54(53-59)58-56(61)50-46-42-38-34-31-27-24-21-19-22-25-28-32-36-40-44-48-52-63-57(62)51-47-43-39-35-29-14-12-10-8-6-4-2/h19,22,28,32,45,49,54-55,59-60H,3-18,20-21,23-27,29-31,33-44,46-48,50-53H2,1-2H3,(H,58,61)/b22-19-,32-28-,49-45+. The van der Waals surface area contributed by atoms with Crippen molar-refractivity contribution in [3.05, 3.63) is 36.5 Å². The smallest absolute Gasteiger partial charge is 0.305 e. The lowest BCUT2D eigenvalue weighted by molar-refractivity contribution is -0.143. The van der Waals surface area contributed by atoms with Crippen molar-refractivity contribution in [1.29, 1.82) is 0 Å². The van der Waals surface area contributed by atoms with Crippen LogP contribution in [0.15, 0.2) is 36.5 Å². The molecule has 0 bridgehead atoms. The van der Waals surface area contributed by atoms with Gasteiger partial charge in [-0.15, -0.1) is 0 Å². The van der Waals surface area contributed by atoms with Crippen molar-refractivity contribution in [1.82, 2.24) is 5.32 Å². The molecule has 370 valence electrons. The van der Waals surface area contributed by atoms with Gasteiger partial charge in [-0.3, -0.25) is 9.59 Å². The van der Waals surface area contributed by atoms with E-state index in [1.54, 1.807) is 6.08 Å². The second-order valence-electron chi connectivity index (χ2n) is 18.9. The zero-order valence-corrected chi connectivity index (χ0v) is 42.1. The van der Waals surface area contributed by atoms with Crippen LogP contribution in [0.1, 0.15) is 290 Å². The Kier molecular flexibility index (Phi) is 51.1. The van der Waals surface area contributed by atoms with Gasteiger partial charge in [-0.1, -0.05) is 243 Å². The Morgan fingerprint density at radius 2 is 0.794 bits per heavy atom. The number of nitrogens with one attached hydrogen (secondary N) is 1. The number of ether oxygens (including phenoxy) is 1. The molecule has 0 heterocycles. The molecule has 0 aromatic carbocycles. The molecule has 0 rings (SSSR count). The number of aliphatic hydroxyl groups is 2. The number of unbranched alkanes of at least 4 members (excludes halogenated alkanes) is 36. The summed E-state index contributed by atoms with van der Waals surface area (Å²) in [6.07, 6.45) is 64.4. The van der Waals surface area contributed by atoms with Gasteiger partial charge in [-0.2, -0.15) is 0 Å². The van der Waals surface area contributed by atoms with Crippen LogP contribution in [0.3, 0.4) is 0 Å². The van der Waals surface area contributed by atoms with E-state index in [1.165, 1.54) is 180 Å². The topological polar surface area (TPSA) is 95.9 Å². The molecule has 3 N–H and O–H groups in total. The van der Waals surface area contributed by atoms with Crippen LogP contribution in [0.5, 0.6) is 0 Å². The van der Waals surface area contributed by atoms with Crippen molar-refractivity contribution in [2.24, 2.45) is 0 Å². The fourth-order valence-electron chi connectivity index (χ4n) is 8.37. The van der Waals surface area contributed by atoms with Gasteiger partial charge in [0.2, 0.25) is 5.91 Å². The number of hydrogen-bond donors (Lipinski definition) is 3. The van der Waals surface area contributed by atoms with Gasteiger partial charge < -0.3 is 20.3 Å². The number of allylic oxidation sites excluding steroid dienone is 5. The Hall–Kier alpha value is -1.92. The molecular formula is C57H107NO5. The van der Waals surface area contributed by atoms with Gasteiger partial charge in [0.1, 0.15) is 0 Å². The first-order valence-corrected chi connectivity index (χ1v) is 27.8. The van der Waals surface area contributed by atoms with Crippen molar-refractivity contribution >= 4 is 11.9 Å². The summed E-state index contributed by atoms with van der Waals surface area (Å²) >= 11 is 0. The fraction of sp³-hybridized carbons (Fsp3) is 0.860. The first kappa shape index (κ1) is 61.1. The number of amides is 1. The molecule has 1 amide bonds. The number of carbonyl (C=O) groups is 2. The summed E-state index contributed by atoms with van der Waals surface area (Å²) in [5.41, 5.74) is 0. The van der Waals surface area contributed by atoms with Crippen LogP contribution in [-0.4, -0.2) is 47.4 Å². The van der Waals surface area contributed by atoms with Crippen LogP contribution >= 0.6 is 0 Å². The number of aliphatic hydroxyl groups excluding tert-OH is 2. The average Bonchev–Trinajstić information content (AvgIpc) is 3.28. The SMILES string of the molecule is CCCCCCCCCCCCCCCCCC/C=C/C(O)C(CO)NC(=O)CCCCCCCCC/C=C\C/C=C\CCCCCOC(=O)CCCCCCCCCCCCC. The van der Waals surface area contributed by atoms with E-state index in [9.17, 15) is 19.8 Å². The molecule has 0 aromatic heterocycles. The highest BCUT2D eigenvalue weighted by Gasteiger charge is 2.18. The van der Waals surface area contributed by atoms with Crippen LogP contribution in [0.2, 0.25) is 0 Å². The molecule has 0 aromatic rings. The number of carbonyl (C=O) groups excluding carboxylic acids is 2. The molecule has 0 saturated heterocycles. The number of rotatable bonds is 51. The third-order valence-electron chi connectivity index (χ3n) is 12.7. The van der Waals surface area contributed by atoms with Crippen molar-refractivity contribution in [3.8, 4) is 0 Å². The summed E-state index contributed by atoms with van der Waals surface area (Å²) in [5, 5.41) is 23.1. The lowest BCUT2D eigenvalue weighted by Gasteiger charge is -2.20. The minimum absolute atomic E-state index is 0.0170. The van der Waals surface area contributed by atoms with E-state index < -0.39 is 12.1 Å². The largest absolute Gasteiger partial charge is 0.466 e. The molecule has 2 atom stereocenters. The Balaban J connectivity index is 3.54. The predicted molar refractivity (Wildman–Crippen MR) is 273 cm³/mol. The molecule has 0 spiro atoms. The van der Waals surface area contributed by atoms with E-state index in [4.69, 9.17) is 4.74 Å². The quantitative estimate of drug-likeness (QED) is 0.0321. The summed E-state index contributed by atoms with van der Waals surface area (Å²) in [4.78, 5) is 24.4. The maximum absolute atomic E-state index is 12.5. The highest BCUT2D eigenvalue weighted by Crippen LogP contribution is 2.16. The van der Waals surface area contributed by atoms with Crippen LogP contribution in [0.4, 0.5) is 0 Å². The highest BCUT2D eigenvalue weighted by molar-refractivity contribution is 5.76. The molecule has 0 radical (unpaired) electrons. The lowest BCUT2D eigenvalue weighted by atomic mass is 10.0. The molecular weight excluding hydrogens is 779 g/mol. The van der Waals surface area contributed by atoms with E-state index in [2.05, 4.69) is 43.5 Å². The number of hydrogen-bond acceptors (Lipinski definition) is 5. The van der Waals surface area contributed by atoms with Gasteiger partial charge in [-0.05, 0) is 70.6 Å². The second kappa shape index (κ2) is 52.7. The Morgan fingerprint density at radius 1 is 0.444 bits per heavy atom. The van der Waals surface area contributed by atoms with Gasteiger partial charge in [-0.25, -0.2) is 0 Å². The second-order valence-corrected chi connectivity index (χ2v) is 18.9. The van der Waals surface area contributed by atoms with E-state index >= 15 is 0 Å². The van der Waals surface area contributed by atoms with Crippen molar-refractivity contribution in [2.45, 2.75) is 302 Å². The van der Waals surface area contributed by atoms with E-state index in [0.29, 0.717) is 19.4 Å². The molecule has 0 fully saturated rings. The maximum atomic E-state index is 12.5. The highest BCUT2D eigenvalue weighted by atomic mass is 16.5. The molecule has 0 aliphatic heterocycles. The van der Waals surface area contributed by atoms with Gasteiger partial charge in [0.25, 0.3) is 0 Å². The van der Waals surface area contributed by atoms with E-state index in [0.717, 1.165) is 83.5 Å². The number of esters is 1. The molecule has 0 aliphatic carbocycles. The summed E-state index contributed by atoms with van der Waals surface area (Å²) in [6, 6.07) is -0.640. The van der Waals surface area contributed by atoms with Crippen molar-refractivity contribution < 1.29 is 24.5 Å². The predicted octanol–water partition coefficient (Wildman–Crippen LogP) is 16.9. The van der Waals surface area contributed by atoms with Crippen molar-refractivity contribution in [2.75, 3.05) is 13.2 Å². The third kappa shape index (κ3) is 49.4. The minimum atomic E-state index is -0.855. The van der Waals surface area contributed by atoms with E-state index in [1.807, 2.05) is 6.08 Å². The Bertz CT molecular complexity index is 1020. The van der Waals surface area contributed by atoms with Gasteiger partial charge in [0.15, 0.2) is 0 Å². The van der Waals surface area contributed by atoms with Gasteiger partial charge >= 0.3 is 5.97 Å². The molecule has 0 saturated carbocycles. The summed E-state index contributed by atoms with van der Waals surface area (Å²) < 4.78 is 5.43. The summed E-state index contributed by atoms with van der Waals surface area (Å²) in [7, 11) is 0. The van der Waals surface area contributed by atoms with Crippen LogP contribution < -0.4 is 5.32 Å². The third-order valence-corrected chi connectivity index (χ3v) is 12.7. The first-order chi connectivity index (χ1) is 31.0. The molecule has 0 aliphatic rings.